The quantitative estimate of drug-likeness (QED) is 0.879. The molecule has 19 heavy (non-hydrogen) atoms. The third kappa shape index (κ3) is 3.51. The van der Waals surface area contributed by atoms with E-state index in [-0.39, 0.29) is 5.69 Å². The Balaban J connectivity index is 2.11. The number of carbonyl (C=O) groups is 1. The highest BCUT2D eigenvalue weighted by atomic mass is 16.4. The molecular weight excluding hydrogens is 242 g/mol. The van der Waals surface area contributed by atoms with E-state index >= 15 is 0 Å². The molecule has 0 bridgehead atoms. The van der Waals surface area contributed by atoms with E-state index in [1.807, 2.05) is 31.2 Å². The normalized spacial score (nSPS) is 10.2. The van der Waals surface area contributed by atoms with E-state index in [1.54, 1.807) is 6.92 Å². The van der Waals surface area contributed by atoms with E-state index in [4.69, 9.17) is 5.11 Å². The van der Waals surface area contributed by atoms with Crippen LogP contribution in [0.2, 0.25) is 0 Å². The van der Waals surface area contributed by atoms with E-state index in [1.165, 1.54) is 11.6 Å². The van der Waals surface area contributed by atoms with Crippen LogP contribution >= 0.6 is 0 Å². The Kier molecular flexibility index (Phi) is 3.75. The van der Waals surface area contributed by atoms with Crippen molar-refractivity contribution in [2.24, 2.45) is 0 Å². The number of carboxylic acids is 1. The van der Waals surface area contributed by atoms with Crippen molar-refractivity contribution in [2.75, 3.05) is 5.32 Å². The third-order valence-electron chi connectivity index (χ3n) is 2.64. The Bertz CT molecular complexity index is 594. The number of benzene rings is 1. The highest BCUT2D eigenvalue weighted by molar-refractivity contribution is 5.85. The van der Waals surface area contributed by atoms with Gasteiger partial charge in [0, 0.05) is 12.2 Å². The van der Waals surface area contributed by atoms with Gasteiger partial charge in [-0.15, -0.1) is 0 Å². The number of rotatable bonds is 4. The first-order valence-electron chi connectivity index (χ1n) is 5.93. The zero-order chi connectivity index (χ0) is 13.8. The zero-order valence-corrected chi connectivity index (χ0v) is 10.8. The maximum absolute atomic E-state index is 10.9. The average molecular weight is 257 g/mol. The van der Waals surface area contributed by atoms with Gasteiger partial charge in [-0.1, -0.05) is 29.8 Å². The summed E-state index contributed by atoms with van der Waals surface area (Å²) in [6.45, 7) is 4.33. The number of aromatic nitrogens is 2. The summed E-state index contributed by atoms with van der Waals surface area (Å²) in [5.41, 5.74) is 2.91. The summed E-state index contributed by atoms with van der Waals surface area (Å²) in [7, 11) is 0. The number of aryl methyl sites for hydroxylation is 2. The smallest absolute Gasteiger partial charge is 0.354 e. The predicted octanol–water partition coefficient (Wildman–Crippen LogP) is 2.40. The number of nitrogens with one attached hydrogen (secondary N) is 1. The van der Waals surface area contributed by atoms with E-state index < -0.39 is 5.97 Å². The summed E-state index contributed by atoms with van der Waals surface area (Å²) in [5.74, 6) is -0.720. The summed E-state index contributed by atoms with van der Waals surface area (Å²) in [6, 6.07) is 9.51. The summed E-state index contributed by atoms with van der Waals surface area (Å²) in [5, 5.41) is 12.0. The number of hydrogen-bond donors (Lipinski definition) is 2. The second kappa shape index (κ2) is 5.48. The first-order chi connectivity index (χ1) is 9.04. The lowest BCUT2D eigenvalue weighted by molar-refractivity contribution is 0.0690. The van der Waals surface area contributed by atoms with Gasteiger partial charge in [-0.05, 0) is 25.5 Å². The molecule has 0 spiro atoms. The Morgan fingerprint density at radius 1 is 1.21 bits per heavy atom. The van der Waals surface area contributed by atoms with Crippen molar-refractivity contribution in [3.63, 3.8) is 0 Å². The van der Waals surface area contributed by atoms with Crippen LogP contribution in [0.15, 0.2) is 30.3 Å². The zero-order valence-electron chi connectivity index (χ0n) is 10.8. The summed E-state index contributed by atoms with van der Waals surface area (Å²) in [6.07, 6.45) is 0. The fourth-order valence-corrected chi connectivity index (χ4v) is 1.64. The minimum absolute atomic E-state index is 0.00101. The van der Waals surface area contributed by atoms with Crippen LogP contribution < -0.4 is 5.32 Å². The van der Waals surface area contributed by atoms with Crippen molar-refractivity contribution in [3.05, 3.63) is 52.8 Å². The van der Waals surface area contributed by atoms with Gasteiger partial charge < -0.3 is 10.4 Å². The summed E-state index contributed by atoms with van der Waals surface area (Å²) < 4.78 is 0. The number of carboxylic acid groups (broad SMARTS) is 1. The van der Waals surface area contributed by atoms with Gasteiger partial charge in [0.2, 0.25) is 5.95 Å². The monoisotopic (exact) mass is 257 g/mol. The Hall–Kier alpha value is -2.43. The Morgan fingerprint density at radius 3 is 2.53 bits per heavy atom. The van der Waals surface area contributed by atoms with Gasteiger partial charge >= 0.3 is 5.97 Å². The second-order valence-corrected chi connectivity index (χ2v) is 4.36. The van der Waals surface area contributed by atoms with Gasteiger partial charge in [0.25, 0.3) is 0 Å². The standard InChI is InChI=1S/C14H15N3O2/c1-9-3-5-11(6-4-9)8-15-14-16-10(2)7-12(17-14)13(18)19/h3-7H,8H2,1-2H3,(H,18,19)(H,15,16,17). The van der Waals surface area contributed by atoms with Crippen molar-refractivity contribution in [2.45, 2.75) is 20.4 Å². The number of hydrogen-bond acceptors (Lipinski definition) is 4. The van der Waals surface area contributed by atoms with Gasteiger partial charge in [0.15, 0.2) is 5.69 Å². The predicted molar refractivity (Wildman–Crippen MR) is 72.2 cm³/mol. The summed E-state index contributed by atoms with van der Waals surface area (Å²) >= 11 is 0. The van der Waals surface area contributed by atoms with E-state index in [0.29, 0.717) is 18.2 Å². The molecule has 0 unspecified atom stereocenters. The fourth-order valence-electron chi connectivity index (χ4n) is 1.64. The van der Waals surface area contributed by atoms with E-state index in [9.17, 15) is 4.79 Å². The summed E-state index contributed by atoms with van der Waals surface area (Å²) in [4.78, 5) is 19.0. The Morgan fingerprint density at radius 2 is 1.89 bits per heavy atom. The van der Waals surface area contributed by atoms with E-state index in [2.05, 4.69) is 15.3 Å². The van der Waals surface area contributed by atoms with Crippen LogP contribution in [0.1, 0.15) is 27.3 Å². The second-order valence-electron chi connectivity index (χ2n) is 4.36. The fraction of sp³-hybridized carbons (Fsp3) is 0.214. The molecule has 0 saturated carbocycles. The molecule has 1 aromatic carbocycles. The lowest BCUT2D eigenvalue weighted by atomic mass is 10.1. The van der Waals surface area contributed by atoms with Gasteiger partial charge in [-0.3, -0.25) is 0 Å². The molecule has 0 aliphatic carbocycles. The topological polar surface area (TPSA) is 75.1 Å². The molecule has 5 heteroatoms. The van der Waals surface area contributed by atoms with Crippen molar-refractivity contribution in [3.8, 4) is 0 Å². The Labute approximate surface area is 111 Å². The lowest BCUT2D eigenvalue weighted by Crippen LogP contribution is -2.09. The van der Waals surface area contributed by atoms with Crippen LogP contribution in [0.25, 0.3) is 0 Å². The minimum atomic E-state index is -1.05. The van der Waals surface area contributed by atoms with Crippen LogP contribution in [0.5, 0.6) is 0 Å². The first kappa shape index (κ1) is 13.0. The molecule has 0 atom stereocenters. The van der Waals surface area contributed by atoms with Gasteiger partial charge in [-0.25, -0.2) is 14.8 Å². The van der Waals surface area contributed by atoms with Crippen molar-refractivity contribution in [1.82, 2.24) is 9.97 Å². The van der Waals surface area contributed by atoms with Gasteiger partial charge in [0.1, 0.15) is 0 Å². The van der Waals surface area contributed by atoms with Gasteiger partial charge in [-0.2, -0.15) is 0 Å². The van der Waals surface area contributed by atoms with E-state index in [0.717, 1.165) is 5.56 Å². The third-order valence-corrected chi connectivity index (χ3v) is 2.64. The molecule has 0 aliphatic heterocycles. The average Bonchev–Trinajstić information content (AvgIpc) is 2.37. The van der Waals surface area contributed by atoms with Crippen molar-refractivity contribution in [1.29, 1.82) is 0 Å². The number of aromatic carboxylic acids is 1. The molecule has 5 nitrogen and oxygen atoms in total. The molecule has 2 N–H and O–H groups in total. The maximum Gasteiger partial charge on any atom is 0.354 e. The lowest BCUT2D eigenvalue weighted by Gasteiger charge is -2.07. The SMILES string of the molecule is Cc1ccc(CNc2nc(C)cc(C(=O)O)n2)cc1. The van der Waals surface area contributed by atoms with Crippen LogP contribution in [0.3, 0.4) is 0 Å². The minimum Gasteiger partial charge on any atom is -0.477 e. The molecule has 0 fully saturated rings. The molecule has 2 rings (SSSR count). The van der Waals surface area contributed by atoms with Crippen molar-refractivity contribution < 1.29 is 9.90 Å². The highest BCUT2D eigenvalue weighted by Gasteiger charge is 2.08. The molecule has 0 radical (unpaired) electrons. The van der Waals surface area contributed by atoms with Gasteiger partial charge in [0.05, 0.1) is 0 Å². The number of anilines is 1. The molecule has 0 amide bonds. The van der Waals surface area contributed by atoms with Crippen LogP contribution in [0, 0.1) is 13.8 Å². The molecule has 2 aromatic rings. The molecule has 1 aromatic heterocycles. The van der Waals surface area contributed by atoms with Crippen LogP contribution in [0.4, 0.5) is 5.95 Å². The maximum atomic E-state index is 10.9. The van der Waals surface area contributed by atoms with Crippen molar-refractivity contribution >= 4 is 11.9 Å². The van der Waals surface area contributed by atoms with Crippen LogP contribution in [-0.2, 0) is 6.54 Å². The molecular formula is C14H15N3O2. The highest BCUT2D eigenvalue weighted by Crippen LogP contribution is 2.08. The molecule has 1 heterocycles. The molecule has 0 saturated heterocycles. The molecule has 0 aliphatic rings. The molecule has 98 valence electrons. The largest absolute Gasteiger partial charge is 0.477 e. The first-order valence-corrected chi connectivity index (χ1v) is 5.93. The number of nitrogens with zero attached hydrogens (tertiary/aromatic N) is 2. The van der Waals surface area contributed by atoms with Crippen LogP contribution in [-0.4, -0.2) is 21.0 Å².